The Kier molecular flexibility index (Phi) is 6.40. The van der Waals surface area contributed by atoms with Gasteiger partial charge >= 0.3 is 0 Å². The van der Waals surface area contributed by atoms with Gasteiger partial charge in [-0.1, -0.05) is 37.3 Å². The van der Waals surface area contributed by atoms with Gasteiger partial charge in [-0.3, -0.25) is 4.79 Å². The molecule has 1 aromatic carbocycles. The smallest absolute Gasteiger partial charge is 0.226 e. The van der Waals surface area contributed by atoms with E-state index in [-0.39, 0.29) is 24.0 Å². The fourth-order valence-electron chi connectivity index (χ4n) is 2.74. The molecule has 1 heterocycles. The quantitative estimate of drug-likeness (QED) is 0.877. The predicted molar refractivity (Wildman–Crippen MR) is 88.5 cm³/mol. The van der Waals surface area contributed by atoms with E-state index >= 15 is 0 Å². The second-order valence-corrected chi connectivity index (χ2v) is 6.28. The molecule has 4 heteroatoms. The van der Waals surface area contributed by atoms with E-state index in [4.69, 9.17) is 10.5 Å². The number of amides is 1. The number of rotatable bonds is 6. The van der Waals surface area contributed by atoms with Crippen molar-refractivity contribution >= 4 is 5.91 Å². The Balaban J connectivity index is 1.68. The summed E-state index contributed by atoms with van der Waals surface area (Å²) in [5.74, 6) is 0.0771. The molecule has 0 aromatic heterocycles. The van der Waals surface area contributed by atoms with Crippen molar-refractivity contribution < 1.29 is 9.53 Å². The number of ether oxygens (including phenoxy) is 1. The topological polar surface area (TPSA) is 55.6 Å². The van der Waals surface area contributed by atoms with E-state index < -0.39 is 0 Å². The molecule has 0 bridgehead atoms. The Hall–Kier alpha value is -1.39. The maximum Gasteiger partial charge on any atom is 0.226 e. The number of carbonyl (C=O) groups excluding carboxylic acids is 1. The second-order valence-electron chi connectivity index (χ2n) is 6.28. The van der Waals surface area contributed by atoms with Crippen LogP contribution in [0.25, 0.3) is 0 Å². The zero-order chi connectivity index (χ0) is 15.9. The summed E-state index contributed by atoms with van der Waals surface area (Å²) in [7, 11) is 0. The van der Waals surface area contributed by atoms with Crippen molar-refractivity contribution in [1.29, 1.82) is 0 Å². The van der Waals surface area contributed by atoms with Crippen LogP contribution in [-0.4, -0.2) is 42.6 Å². The van der Waals surface area contributed by atoms with Gasteiger partial charge in [-0.2, -0.15) is 0 Å². The SMILES string of the molecule is CC(N)C(C)C(=O)N1CCC(OCCc2ccccc2)CC1. The number of piperidine rings is 1. The van der Waals surface area contributed by atoms with Crippen molar-refractivity contribution in [2.45, 2.75) is 45.3 Å². The molecule has 2 N–H and O–H groups in total. The summed E-state index contributed by atoms with van der Waals surface area (Å²) in [5.41, 5.74) is 7.13. The van der Waals surface area contributed by atoms with Gasteiger partial charge < -0.3 is 15.4 Å². The molecule has 0 spiro atoms. The van der Waals surface area contributed by atoms with E-state index in [1.165, 1.54) is 5.56 Å². The zero-order valence-electron chi connectivity index (χ0n) is 13.7. The number of carbonyl (C=O) groups is 1. The van der Waals surface area contributed by atoms with Gasteiger partial charge in [0, 0.05) is 19.1 Å². The van der Waals surface area contributed by atoms with E-state index in [0.29, 0.717) is 0 Å². The number of nitrogens with two attached hydrogens (primary N) is 1. The average Bonchev–Trinajstić information content (AvgIpc) is 2.55. The molecular formula is C18H28N2O2. The fourth-order valence-corrected chi connectivity index (χ4v) is 2.74. The molecule has 122 valence electrons. The molecule has 2 atom stereocenters. The second kappa shape index (κ2) is 8.30. The van der Waals surface area contributed by atoms with Crippen LogP contribution in [0.5, 0.6) is 0 Å². The molecule has 1 amide bonds. The first-order valence-corrected chi connectivity index (χ1v) is 8.28. The minimum Gasteiger partial charge on any atom is -0.378 e. The van der Waals surface area contributed by atoms with Gasteiger partial charge in [0.15, 0.2) is 0 Å². The zero-order valence-corrected chi connectivity index (χ0v) is 13.7. The summed E-state index contributed by atoms with van der Waals surface area (Å²) in [4.78, 5) is 14.2. The number of hydrogen-bond donors (Lipinski definition) is 1. The largest absolute Gasteiger partial charge is 0.378 e. The van der Waals surface area contributed by atoms with Crippen molar-refractivity contribution in [1.82, 2.24) is 4.90 Å². The van der Waals surface area contributed by atoms with Gasteiger partial charge in [-0.25, -0.2) is 0 Å². The molecule has 1 fully saturated rings. The van der Waals surface area contributed by atoms with Gasteiger partial charge in [0.05, 0.1) is 18.6 Å². The highest BCUT2D eigenvalue weighted by Gasteiger charge is 2.27. The number of likely N-dealkylation sites (tertiary alicyclic amines) is 1. The number of benzene rings is 1. The number of nitrogens with zero attached hydrogens (tertiary/aromatic N) is 1. The van der Waals surface area contributed by atoms with Crippen LogP contribution in [0, 0.1) is 5.92 Å². The van der Waals surface area contributed by atoms with Crippen LogP contribution in [0.15, 0.2) is 30.3 Å². The van der Waals surface area contributed by atoms with Crippen LogP contribution < -0.4 is 5.73 Å². The summed E-state index contributed by atoms with van der Waals surface area (Å²) in [5, 5.41) is 0. The van der Waals surface area contributed by atoms with Crippen molar-refractivity contribution in [3.05, 3.63) is 35.9 Å². The maximum absolute atomic E-state index is 12.3. The van der Waals surface area contributed by atoms with Gasteiger partial charge in [0.25, 0.3) is 0 Å². The number of hydrogen-bond acceptors (Lipinski definition) is 3. The molecule has 0 saturated carbocycles. The van der Waals surface area contributed by atoms with Crippen molar-refractivity contribution in [2.24, 2.45) is 11.7 Å². The van der Waals surface area contributed by atoms with E-state index in [9.17, 15) is 4.79 Å². The lowest BCUT2D eigenvalue weighted by Gasteiger charge is -2.34. The fraction of sp³-hybridized carbons (Fsp3) is 0.611. The van der Waals surface area contributed by atoms with Crippen LogP contribution in [0.2, 0.25) is 0 Å². The van der Waals surface area contributed by atoms with Crippen LogP contribution >= 0.6 is 0 Å². The van der Waals surface area contributed by atoms with E-state index in [2.05, 4.69) is 24.3 Å². The Morgan fingerprint density at radius 1 is 1.27 bits per heavy atom. The summed E-state index contributed by atoms with van der Waals surface area (Å²) in [6.07, 6.45) is 3.07. The third kappa shape index (κ3) is 4.82. The minimum atomic E-state index is -0.101. The summed E-state index contributed by atoms with van der Waals surface area (Å²) >= 11 is 0. The van der Waals surface area contributed by atoms with Crippen molar-refractivity contribution in [2.75, 3.05) is 19.7 Å². The summed E-state index contributed by atoms with van der Waals surface area (Å²) < 4.78 is 5.96. The molecule has 1 aliphatic rings. The van der Waals surface area contributed by atoms with Crippen LogP contribution in [-0.2, 0) is 16.0 Å². The standard InChI is InChI=1S/C18H28N2O2/c1-14(15(2)19)18(21)20-11-8-17(9-12-20)22-13-10-16-6-4-3-5-7-16/h3-7,14-15,17H,8-13,19H2,1-2H3. The average molecular weight is 304 g/mol. The Morgan fingerprint density at radius 2 is 1.91 bits per heavy atom. The van der Waals surface area contributed by atoms with E-state index in [1.807, 2.05) is 24.8 Å². The predicted octanol–water partition coefficient (Wildman–Crippen LogP) is 2.22. The lowest BCUT2D eigenvalue weighted by atomic mass is 10.0. The molecule has 1 saturated heterocycles. The molecule has 1 aromatic rings. The molecule has 1 aliphatic heterocycles. The van der Waals surface area contributed by atoms with Gasteiger partial charge in [0.2, 0.25) is 5.91 Å². The monoisotopic (exact) mass is 304 g/mol. The highest BCUT2D eigenvalue weighted by atomic mass is 16.5. The molecule has 2 unspecified atom stereocenters. The van der Waals surface area contributed by atoms with Crippen LogP contribution in [0.3, 0.4) is 0 Å². The van der Waals surface area contributed by atoms with Gasteiger partial charge in [-0.05, 0) is 31.7 Å². The highest BCUT2D eigenvalue weighted by molar-refractivity contribution is 5.79. The Bertz CT molecular complexity index is 453. The Labute approximate surface area is 133 Å². The Morgan fingerprint density at radius 3 is 2.50 bits per heavy atom. The van der Waals surface area contributed by atoms with Crippen molar-refractivity contribution in [3.63, 3.8) is 0 Å². The van der Waals surface area contributed by atoms with Gasteiger partial charge in [-0.15, -0.1) is 0 Å². The molecular weight excluding hydrogens is 276 g/mol. The van der Waals surface area contributed by atoms with Crippen LogP contribution in [0.4, 0.5) is 0 Å². The van der Waals surface area contributed by atoms with Gasteiger partial charge in [0.1, 0.15) is 0 Å². The van der Waals surface area contributed by atoms with Crippen molar-refractivity contribution in [3.8, 4) is 0 Å². The minimum absolute atomic E-state index is 0.0904. The van der Waals surface area contributed by atoms with Crippen LogP contribution in [0.1, 0.15) is 32.3 Å². The first-order chi connectivity index (χ1) is 10.6. The molecule has 0 radical (unpaired) electrons. The third-order valence-corrected chi connectivity index (χ3v) is 4.52. The van der Waals surface area contributed by atoms with E-state index in [0.717, 1.165) is 39.0 Å². The molecule has 22 heavy (non-hydrogen) atoms. The molecule has 4 nitrogen and oxygen atoms in total. The highest BCUT2D eigenvalue weighted by Crippen LogP contribution is 2.17. The first-order valence-electron chi connectivity index (χ1n) is 8.28. The lowest BCUT2D eigenvalue weighted by Crippen LogP contribution is -2.46. The normalized spacial score (nSPS) is 19.0. The third-order valence-electron chi connectivity index (χ3n) is 4.52. The molecule has 0 aliphatic carbocycles. The lowest BCUT2D eigenvalue weighted by molar-refractivity contribution is -0.138. The van der Waals surface area contributed by atoms with E-state index in [1.54, 1.807) is 0 Å². The summed E-state index contributed by atoms with van der Waals surface area (Å²) in [6, 6.07) is 10.3. The summed E-state index contributed by atoms with van der Waals surface area (Å²) in [6.45, 7) is 6.12. The first kappa shape index (κ1) is 17.0. The molecule has 2 rings (SSSR count). The maximum atomic E-state index is 12.3.